The molecule has 0 aromatic carbocycles. The van der Waals surface area contributed by atoms with Gasteiger partial charge in [-0.15, -0.1) is 11.3 Å². The second kappa shape index (κ2) is 4.96. The van der Waals surface area contributed by atoms with Gasteiger partial charge in [-0.3, -0.25) is 9.79 Å². The Labute approximate surface area is 124 Å². The number of Topliss-reactive ketones (excluding diaryl/α,β-unsaturated/α-hetero) is 1. The molecular formula is C15H11FNO3S. The summed E-state index contributed by atoms with van der Waals surface area (Å²) in [6, 6.07) is 1.57. The van der Waals surface area contributed by atoms with E-state index in [-0.39, 0.29) is 17.6 Å². The summed E-state index contributed by atoms with van der Waals surface area (Å²) in [6.07, 6.45) is 2.84. The Hall–Kier alpha value is -2.21. The van der Waals surface area contributed by atoms with Crippen molar-refractivity contribution in [1.29, 1.82) is 0 Å². The molecule has 0 amide bonds. The normalized spacial score (nSPS) is 17.7. The average Bonchev–Trinajstić information content (AvgIpc) is 3.08. The van der Waals surface area contributed by atoms with Gasteiger partial charge in [-0.05, 0) is 6.92 Å². The van der Waals surface area contributed by atoms with Crippen molar-refractivity contribution in [3.63, 3.8) is 0 Å². The number of aliphatic hydroxyl groups excluding tert-OH is 1. The van der Waals surface area contributed by atoms with Crippen LogP contribution in [0.15, 0.2) is 44.9 Å². The number of aliphatic hydroxyl groups is 1. The fraction of sp³-hybridized carbons (Fsp3) is 0.200. The highest BCUT2D eigenvalue weighted by Gasteiger charge is 2.32. The molecule has 0 fully saturated rings. The zero-order chi connectivity index (χ0) is 15.1. The molecule has 1 radical (unpaired) electrons. The molecule has 1 aliphatic heterocycles. The second-order valence-electron chi connectivity index (χ2n) is 4.65. The quantitative estimate of drug-likeness (QED) is 0.869. The molecule has 0 saturated carbocycles. The van der Waals surface area contributed by atoms with Gasteiger partial charge in [0.1, 0.15) is 0 Å². The van der Waals surface area contributed by atoms with Crippen molar-refractivity contribution in [2.75, 3.05) is 7.11 Å². The Morgan fingerprint density at radius 3 is 3.00 bits per heavy atom. The highest BCUT2D eigenvalue weighted by atomic mass is 32.1. The molecule has 2 heterocycles. The predicted octanol–water partition coefficient (Wildman–Crippen LogP) is 3.54. The fourth-order valence-corrected chi connectivity index (χ4v) is 2.97. The first kappa shape index (κ1) is 13.8. The number of ether oxygens (including phenoxy) is 1. The third kappa shape index (κ3) is 2.21. The van der Waals surface area contributed by atoms with Crippen LogP contribution in [0.5, 0.6) is 5.06 Å². The van der Waals surface area contributed by atoms with Crippen LogP contribution in [-0.2, 0) is 0 Å². The number of hydrogen-bond acceptors (Lipinski definition) is 5. The van der Waals surface area contributed by atoms with Crippen LogP contribution in [0.2, 0.25) is 0 Å². The Morgan fingerprint density at radius 2 is 2.33 bits per heavy atom. The van der Waals surface area contributed by atoms with Gasteiger partial charge in [0.05, 0.1) is 18.4 Å². The van der Waals surface area contributed by atoms with E-state index in [1.165, 1.54) is 18.4 Å². The number of allylic oxidation sites excluding steroid dienone is 5. The summed E-state index contributed by atoms with van der Waals surface area (Å²) in [7, 11) is 1.50. The van der Waals surface area contributed by atoms with E-state index in [0.717, 1.165) is 0 Å². The Bertz CT molecular complexity index is 768. The van der Waals surface area contributed by atoms with Gasteiger partial charge >= 0.3 is 0 Å². The van der Waals surface area contributed by atoms with Crippen LogP contribution in [0.3, 0.4) is 0 Å². The van der Waals surface area contributed by atoms with Crippen LogP contribution in [0.1, 0.15) is 23.7 Å². The van der Waals surface area contributed by atoms with Gasteiger partial charge in [0.25, 0.3) is 0 Å². The molecule has 1 aromatic heterocycles. The molecule has 6 heteroatoms. The molecule has 1 aliphatic carbocycles. The fourth-order valence-electron chi connectivity index (χ4n) is 2.26. The zero-order valence-corrected chi connectivity index (χ0v) is 12.2. The van der Waals surface area contributed by atoms with Crippen LogP contribution >= 0.6 is 11.3 Å². The van der Waals surface area contributed by atoms with Crippen molar-refractivity contribution in [1.82, 2.24) is 0 Å². The lowest BCUT2D eigenvalue weighted by molar-refractivity contribution is 0.102. The second-order valence-corrected chi connectivity index (χ2v) is 5.52. The SMILES string of the molecule is COc1cc(C(=O)C2=C(O)C(F)=C3[C]=C(C)N=C3C2)cs1. The number of fused-ring (bicyclic) bond motifs is 1. The highest BCUT2D eigenvalue weighted by Crippen LogP contribution is 2.35. The number of methoxy groups -OCH3 is 1. The molecule has 1 aromatic rings. The van der Waals surface area contributed by atoms with E-state index >= 15 is 0 Å². The van der Waals surface area contributed by atoms with Crippen molar-refractivity contribution < 1.29 is 19.0 Å². The van der Waals surface area contributed by atoms with E-state index in [2.05, 4.69) is 11.1 Å². The zero-order valence-electron chi connectivity index (χ0n) is 11.4. The van der Waals surface area contributed by atoms with Gasteiger partial charge in [0.2, 0.25) is 0 Å². The average molecular weight is 304 g/mol. The van der Waals surface area contributed by atoms with Crippen molar-refractivity contribution in [3.8, 4) is 5.06 Å². The predicted molar refractivity (Wildman–Crippen MR) is 77.5 cm³/mol. The van der Waals surface area contributed by atoms with E-state index in [9.17, 15) is 14.3 Å². The van der Waals surface area contributed by atoms with Crippen molar-refractivity contribution in [2.24, 2.45) is 4.99 Å². The van der Waals surface area contributed by atoms with Crippen molar-refractivity contribution in [3.05, 3.63) is 51.5 Å². The molecule has 0 bridgehead atoms. The number of carbonyl (C=O) groups excluding carboxylic acids is 1. The van der Waals surface area contributed by atoms with E-state index in [4.69, 9.17) is 4.74 Å². The van der Waals surface area contributed by atoms with Crippen molar-refractivity contribution in [2.45, 2.75) is 13.3 Å². The summed E-state index contributed by atoms with van der Waals surface area (Å²) in [4.78, 5) is 16.6. The lowest BCUT2D eigenvalue weighted by Gasteiger charge is -2.15. The summed E-state index contributed by atoms with van der Waals surface area (Å²) in [6.45, 7) is 1.69. The number of thiophene rings is 1. The molecule has 0 saturated heterocycles. The summed E-state index contributed by atoms with van der Waals surface area (Å²) in [5.74, 6) is -1.89. The topological polar surface area (TPSA) is 58.9 Å². The van der Waals surface area contributed by atoms with Gasteiger partial charge in [-0.25, -0.2) is 4.39 Å². The number of aliphatic imine (C=N–C) groups is 1. The first-order valence-corrected chi connectivity index (χ1v) is 7.07. The van der Waals surface area contributed by atoms with Crippen LogP contribution in [0, 0.1) is 6.08 Å². The maximum atomic E-state index is 14.1. The number of nitrogens with zero attached hydrogens (tertiary/aromatic N) is 1. The smallest absolute Gasteiger partial charge is 0.194 e. The van der Waals surface area contributed by atoms with E-state index in [1.54, 1.807) is 18.4 Å². The molecule has 107 valence electrons. The molecule has 21 heavy (non-hydrogen) atoms. The van der Waals surface area contributed by atoms with E-state index in [0.29, 0.717) is 22.0 Å². The van der Waals surface area contributed by atoms with Crippen LogP contribution < -0.4 is 4.74 Å². The van der Waals surface area contributed by atoms with E-state index in [1.807, 2.05) is 0 Å². The summed E-state index contributed by atoms with van der Waals surface area (Å²) >= 11 is 1.26. The standard InChI is InChI=1S/C15H11FNO3S/c1-7-3-9-11(17-7)5-10(15(19)13(9)16)14(18)8-4-12(20-2)21-6-8/h4,6,19H,5H2,1-2H3. The number of hydrogen-bond donors (Lipinski definition) is 1. The minimum Gasteiger partial charge on any atom is -0.505 e. The molecule has 0 unspecified atom stereocenters. The lowest BCUT2D eigenvalue weighted by Crippen LogP contribution is -2.17. The summed E-state index contributed by atoms with van der Waals surface area (Å²) < 4.78 is 19.2. The number of rotatable bonds is 3. The summed E-state index contributed by atoms with van der Waals surface area (Å²) in [5.41, 5.74) is 1.47. The molecule has 0 spiro atoms. The minimum atomic E-state index is -0.845. The first-order chi connectivity index (χ1) is 10.0. The van der Waals surface area contributed by atoms with E-state index < -0.39 is 17.4 Å². The van der Waals surface area contributed by atoms with Gasteiger partial charge in [-0.1, -0.05) is 0 Å². The van der Waals surface area contributed by atoms with Gasteiger partial charge in [0, 0.05) is 40.8 Å². The Balaban J connectivity index is 2.00. The third-order valence-electron chi connectivity index (χ3n) is 3.27. The molecule has 4 nitrogen and oxygen atoms in total. The van der Waals surface area contributed by atoms with Crippen LogP contribution in [0.4, 0.5) is 4.39 Å². The van der Waals surface area contributed by atoms with Gasteiger partial charge < -0.3 is 9.84 Å². The van der Waals surface area contributed by atoms with Gasteiger partial charge in [0.15, 0.2) is 22.4 Å². The first-order valence-electron chi connectivity index (χ1n) is 6.19. The van der Waals surface area contributed by atoms with Crippen LogP contribution in [-0.4, -0.2) is 23.7 Å². The minimum absolute atomic E-state index is 0.00644. The summed E-state index contributed by atoms with van der Waals surface area (Å²) in [5, 5.41) is 12.2. The highest BCUT2D eigenvalue weighted by molar-refractivity contribution is 7.12. The third-order valence-corrected chi connectivity index (χ3v) is 4.16. The maximum absolute atomic E-state index is 14.1. The van der Waals surface area contributed by atoms with Crippen LogP contribution in [0.25, 0.3) is 0 Å². The molecule has 3 rings (SSSR count). The molecule has 2 aliphatic rings. The number of ketones is 1. The molecular weight excluding hydrogens is 293 g/mol. The lowest BCUT2D eigenvalue weighted by atomic mass is 9.90. The maximum Gasteiger partial charge on any atom is 0.194 e. The monoisotopic (exact) mass is 304 g/mol. The largest absolute Gasteiger partial charge is 0.505 e. The van der Waals surface area contributed by atoms with Gasteiger partial charge in [-0.2, -0.15) is 0 Å². The number of halogens is 1. The Kier molecular flexibility index (Phi) is 3.25. The molecule has 1 N–H and O–H groups in total. The molecule has 0 atom stereocenters. The number of carbonyl (C=O) groups is 1. The van der Waals surface area contributed by atoms with Crippen molar-refractivity contribution >= 4 is 22.8 Å². The Morgan fingerprint density at radius 1 is 1.57 bits per heavy atom.